The molecule has 0 fully saturated rings. The Kier molecular flexibility index (Phi) is 3.05. The monoisotopic (exact) mass is 272 g/mol. The minimum Gasteiger partial charge on any atom is -0.453 e. The lowest BCUT2D eigenvalue weighted by molar-refractivity contribution is 0.0344. The van der Waals surface area contributed by atoms with E-state index in [0.717, 1.165) is 15.9 Å². The van der Waals surface area contributed by atoms with Crippen LogP contribution in [-0.2, 0) is 4.74 Å². The summed E-state index contributed by atoms with van der Waals surface area (Å²) < 4.78 is 5.42. The molecule has 3 aromatic heterocycles. The van der Waals surface area contributed by atoms with E-state index in [0.29, 0.717) is 5.56 Å². The first-order chi connectivity index (χ1) is 9.24. The Morgan fingerprint density at radius 2 is 2.37 bits per heavy atom. The number of hydrogen-bond acceptors (Lipinski definition) is 4. The van der Waals surface area contributed by atoms with Crippen molar-refractivity contribution in [2.75, 3.05) is 0 Å². The molecule has 0 amide bonds. The molecule has 0 spiro atoms. The Hall–Kier alpha value is -2.14. The number of nitrogens with zero attached hydrogens (tertiary/aromatic N) is 1. The summed E-state index contributed by atoms with van der Waals surface area (Å²) in [5.41, 5.74) is 2.12. The van der Waals surface area contributed by atoms with Crippen LogP contribution in [0.15, 0.2) is 42.0 Å². The predicted molar refractivity (Wildman–Crippen MR) is 74.2 cm³/mol. The molecule has 19 heavy (non-hydrogen) atoms. The lowest BCUT2D eigenvalue weighted by Crippen LogP contribution is -2.08. The normalized spacial score (nSPS) is 12.5. The highest BCUT2D eigenvalue weighted by atomic mass is 32.1. The Morgan fingerprint density at radius 1 is 1.47 bits per heavy atom. The van der Waals surface area contributed by atoms with E-state index in [9.17, 15) is 4.79 Å². The van der Waals surface area contributed by atoms with Gasteiger partial charge in [-0.1, -0.05) is 6.07 Å². The van der Waals surface area contributed by atoms with Crippen molar-refractivity contribution in [1.29, 1.82) is 0 Å². The molecule has 4 nitrogen and oxygen atoms in total. The van der Waals surface area contributed by atoms with Crippen molar-refractivity contribution in [3.05, 3.63) is 52.5 Å². The second kappa shape index (κ2) is 4.85. The van der Waals surface area contributed by atoms with Crippen LogP contribution in [0.5, 0.6) is 0 Å². The first-order valence-electron chi connectivity index (χ1n) is 5.91. The Bertz CT molecular complexity index is 703. The number of carbonyl (C=O) groups excluding carboxylic acids is 1. The number of nitrogens with one attached hydrogen (secondary N) is 1. The van der Waals surface area contributed by atoms with Crippen LogP contribution in [-0.4, -0.2) is 15.9 Å². The third-order valence-corrected chi connectivity index (χ3v) is 3.90. The van der Waals surface area contributed by atoms with Gasteiger partial charge in [0.1, 0.15) is 6.10 Å². The van der Waals surface area contributed by atoms with Gasteiger partial charge in [0.2, 0.25) is 0 Å². The van der Waals surface area contributed by atoms with Gasteiger partial charge in [-0.05, 0) is 30.5 Å². The van der Waals surface area contributed by atoms with Gasteiger partial charge in [-0.2, -0.15) is 0 Å². The Morgan fingerprint density at radius 3 is 3.16 bits per heavy atom. The second-order valence-corrected chi connectivity index (χ2v) is 5.18. The van der Waals surface area contributed by atoms with Crippen molar-refractivity contribution in [3.8, 4) is 0 Å². The fraction of sp³-hybridized carbons (Fsp3) is 0.143. The Labute approximate surface area is 114 Å². The number of thiophene rings is 1. The smallest absolute Gasteiger partial charge is 0.340 e. The fourth-order valence-corrected chi connectivity index (χ4v) is 2.57. The SMILES string of the molecule is CC(OC(=O)c1cnc2cc[nH]c2c1)c1cccs1. The zero-order valence-electron chi connectivity index (χ0n) is 10.3. The molecule has 0 aliphatic rings. The topological polar surface area (TPSA) is 55.0 Å². The quantitative estimate of drug-likeness (QED) is 0.742. The summed E-state index contributed by atoms with van der Waals surface area (Å²) in [5, 5.41) is 1.96. The summed E-state index contributed by atoms with van der Waals surface area (Å²) in [4.78, 5) is 20.3. The molecule has 0 aliphatic carbocycles. The highest BCUT2D eigenvalue weighted by Gasteiger charge is 2.15. The van der Waals surface area contributed by atoms with E-state index in [-0.39, 0.29) is 12.1 Å². The van der Waals surface area contributed by atoms with Crippen LogP contribution in [0.3, 0.4) is 0 Å². The van der Waals surface area contributed by atoms with Crippen molar-refractivity contribution in [3.63, 3.8) is 0 Å². The minimum atomic E-state index is -0.357. The van der Waals surface area contributed by atoms with Crippen molar-refractivity contribution >= 4 is 28.3 Å². The zero-order valence-corrected chi connectivity index (χ0v) is 11.1. The van der Waals surface area contributed by atoms with E-state index < -0.39 is 0 Å². The summed E-state index contributed by atoms with van der Waals surface area (Å²) in [6.45, 7) is 1.87. The molecule has 1 atom stereocenters. The Balaban J connectivity index is 1.79. The minimum absolute atomic E-state index is 0.244. The van der Waals surface area contributed by atoms with E-state index in [2.05, 4.69) is 9.97 Å². The number of aromatic nitrogens is 2. The number of rotatable bonds is 3. The number of aromatic amines is 1. The van der Waals surface area contributed by atoms with Crippen molar-refractivity contribution < 1.29 is 9.53 Å². The first-order valence-corrected chi connectivity index (χ1v) is 6.79. The number of fused-ring (bicyclic) bond motifs is 1. The lowest BCUT2D eigenvalue weighted by Gasteiger charge is -2.11. The predicted octanol–water partition coefficient (Wildman–Crippen LogP) is 3.54. The molecule has 0 saturated heterocycles. The first kappa shape index (κ1) is 11.9. The molecule has 96 valence electrons. The molecule has 1 N–H and O–H groups in total. The highest BCUT2D eigenvalue weighted by Crippen LogP contribution is 2.23. The lowest BCUT2D eigenvalue weighted by atomic mass is 10.2. The van der Waals surface area contributed by atoms with Crippen LogP contribution in [0.1, 0.15) is 28.3 Å². The van der Waals surface area contributed by atoms with Gasteiger partial charge >= 0.3 is 5.97 Å². The molecule has 3 heterocycles. The van der Waals surface area contributed by atoms with Gasteiger partial charge in [-0.25, -0.2) is 4.79 Å². The van der Waals surface area contributed by atoms with Gasteiger partial charge in [0.25, 0.3) is 0 Å². The van der Waals surface area contributed by atoms with Crippen molar-refractivity contribution in [1.82, 2.24) is 9.97 Å². The summed E-state index contributed by atoms with van der Waals surface area (Å²) >= 11 is 1.57. The zero-order chi connectivity index (χ0) is 13.2. The molecule has 5 heteroatoms. The summed E-state index contributed by atoms with van der Waals surface area (Å²) in [6.07, 6.45) is 3.09. The molecule has 1 unspecified atom stereocenters. The number of ether oxygens (including phenoxy) is 1. The van der Waals surface area contributed by atoms with Gasteiger partial charge in [0.15, 0.2) is 0 Å². The van der Waals surface area contributed by atoms with Crippen LogP contribution >= 0.6 is 11.3 Å². The molecule has 0 saturated carbocycles. The number of hydrogen-bond donors (Lipinski definition) is 1. The summed E-state index contributed by atoms with van der Waals surface area (Å²) in [7, 11) is 0. The third kappa shape index (κ3) is 2.37. The van der Waals surface area contributed by atoms with E-state index in [1.807, 2.05) is 30.5 Å². The van der Waals surface area contributed by atoms with Crippen LogP contribution in [0, 0.1) is 0 Å². The number of H-pyrrole nitrogens is 1. The number of pyridine rings is 1. The van der Waals surface area contributed by atoms with E-state index >= 15 is 0 Å². The molecule has 0 aliphatic heterocycles. The van der Waals surface area contributed by atoms with E-state index in [1.165, 1.54) is 0 Å². The van der Waals surface area contributed by atoms with E-state index in [4.69, 9.17) is 4.74 Å². The van der Waals surface area contributed by atoms with Gasteiger partial charge in [-0.15, -0.1) is 11.3 Å². The molecular formula is C14H12N2O2S. The van der Waals surface area contributed by atoms with E-state index in [1.54, 1.807) is 29.8 Å². The molecule has 3 aromatic rings. The second-order valence-electron chi connectivity index (χ2n) is 4.20. The van der Waals surface area contributed by atoms with Crippen molar-refractivity contribution in [2.24, 2.45) is 0 Å². The maximum absolute atomic E-state index is 12.0. The maximum Gasteiger partial charge on any atom is 0.340 e. The maximum atomic E-state index is 12.0. The highest BCUT2D eigenvalue weighted by molar-refractivity contribution is 7.10. The summed E-state index contributed by atoms with van der Waals surface area (Å²) in [5.74, 6) is -0.357. The average molecular weight is 272 g/mol. The number of carbonyl (C=O) groups is 1. The molecule has 3 rings (SSSR count). The van der Waals surface area contributed by atoms with Crippen molar-refractivity contribution in [2.45, 2.75) is 13.0 Å². The van der Waals surface area contributed by atoms with Gasteiger partial charge in [0.05, 0.1) is 16.6 Å². The van der Waals surface area contributed by atoms with Gasteiger partial charge < -0.3 is 9.72 Å². The molecule has 0 bridgehead atoms. The molecular weight excluding hydrogens is 260 g/mol. The van der Waals surface area contributed by atoms with Crippen LogP contribution in [0.4, 0.5) is 0 Å². The summed E-state index contributed by atoms with van der Waals surface area (Å²) in [6, 6.07) is 7.51. The van der Waals surface area contributed by atoms with Gasteiger partial charge in [0, 0.05) is 17.3 Å². The van der Waals surface area contributed by atoms with Crippen LogP contribution in [0.2, 0.25) is 0 Å². The van der Waals surface area contributed by atoms with Crippen LogP contribution in [0.25, 0.3) is 11.0 Å². The molecule has 0 radical (unpaired) electrons. The molecule has 0 aromatic carbocycles. The van der Waals surface area contributed by atoms with Gasteiger partial charge in [-0.3, -0.25) is 4.98 Å². The number of esters is 1. The standard InChI is InChI=1S/C14H12N2O2S/c1-9(13-3-2-6-19-13)18-14(17)10-7-12-11(16-8-10)4-5-15-12/h2-9,15H,1H3. The third-order valence-electron chi connectivity index (χ3n) is 2.86. The fourth-order valence-electron chi connectivity index (χ4n) is 1.86. The van der Waals surface area contributed by atoms with Crippen LogP contribution < -0.4 is 0 Å². The largest absolute Gasteiger partial charge is 0.453 e. The average Bonchev–Trinajstić information content (AvgIpc) is 3.09.